The van der Waals surface area contributed by atoms with Crippen LogP contribution in [0, 0.1) is 0 Å². The van der Waals surface area contributed by atoms with Crippen LogP contribution in [0.1, 0.15) is 12.8 Å². The summed E-state index contributed by atoms with van der Waals surface area (Å²) in [6, 6.07) is 2.15. The molecular formula is C13H22N6O. The van der Waals surface area contributed by atoms with Crippen molar-refractivity contribution in [1.29, 1.82) is 0 Å². The Kier molecular flexibility index (Phi) is 3.88. The van der Waals surface area contributed by atoms with Gasteiger partial charge in [0.25, 0.3) is 0 Å². The number of aliphatic hydroxyl groups is 1. The molecule has 1 atom stereocenters. The van der Waals surface area contributed by atoms with Crippen LogP contribution in [0.15, 0.2) is 6.07 Å². The Hall–Kier alpha value is -1.60. The van der Waals surface area contributed by atoms with Gasteiger partial charge in [-0.3, -0.25) is 0 Å². The van der Waals surface area contributed by atoms with Crippen molar-refractivity contribution in [2.45, 2.75) is 18.9 Å². The monoisotopic (exact) mass is 278 g/mol. The molecule has 2 aliphatic heterocycles. The van der Waals surface area contributed by atoms with E-state index in [2.05, 4.69) is 25.1 Å². The summed E-state index contributed by atoms with van der Waals surface area (Å²) in [5.74, 6) is 2.03. The predicted octanol–water partition coefficient (Wildman–Crippen LogP) is -0.570. The van der Waals surface area contributed by atoms with Crippen LogP contribution in [0.4, 0.5) is 17.6 Å². The highest BCUT2D eigenvalue weighted by Crippen LogP contribution is 2.27. The molecule has 20 heavy (non-hydrogen) atoms. The fraction of sp³-hybridized carbons (Fsp3) is 0.692. The maximum atomic E-state index is 9.45. The van der Waals surface area contributed by atoms with Crippen LogP contribution in [0.2, 0.25) is 0 Å². The molecule has 0 saturated carbocycles. The zero-order chi connectivity index (χ0) is 13.9. The third kappa shape index (κ3) is 2.64. The maximum absolute atomic E-state index is 9.45. The van der Waals surface area contributed by atoms with Crippen LogP contribution in [0.5, 0.6) is 0 Å². The largest absolute Gasteiger partial charge is 0.394 e. The van der Waals surface area contributed by atoms with Crippen molar-refractivity contribution in [3.8, 4) is 0 Å². The summed E-state index contributed by atoms with van der Waals surface area (Å²) < 4.78 is 0. The molecule has 110 valence electrons. The molecule has 0 amide bonds. The fourth-order valence-corrected chi connectivity index (χ4v) is 2.97. The van der Waals surface area contributed by atoms with Crippen LogP contribution in [0.3, 0.4) is 0 Å². The first-order valence-corrected chi connectivity index (χ1v) is 7.25. The molecule has 0 bridgehead atoms. The Balaban J connectivity index is 1.86. The lowest BCUT2D eigenvalue weighted by atomic mass is 10.2. The zero-order valence-corrected chi connectivity index (χ0v) is 11.6. The minimum atomic E-state index is 0.153. The maximum Gasteiger partial charge on any atom is 0.223 e. The second-order valence-electron chi connectivity index (χ2n) is 5.35. The third-order valence-electron chi connectivity index (χ3n) is 4.04. The van der Waals surface area contributed by atoms with E-state index in [9.17, 15) is 5.11 Å². The molecule has 3 heterocycles. The SMILES string of the molecule is Nc1nc(N2CCNCC2)cc(N2CCCC2CO)n1. The van der Waals surface area contributed by atoms with Gasteiger partial charge in [-0.15, -0.1) is 0 Å². The van der Waals surface area contributed by atoms with Gasteiger partial charge in [-0.2, -0.15) is 9.97 Å². The Morgan fingerprint density at radius 2 is 2.00 bits per heavy atom. The Morgan fingerprint density at radius 1 is 1.25 bits per heavy atom. The minimum absolute atomic E-state index is 0.153. The summed E-state index contributed by atoms with van der Waals surface area (Å²) in [5.41, 5.74) is 5.87. The molecule has 3 rings (SSSR count). The van der Waals surface area contributed by atoms with Gasteiger partial charge in [0.1, 0.15) is 11.6 Å². The van der Waals surface area contributed by atoms with Gasteiger partial charge in [-0.1, -0.05) is 0 Å². The fourth-order valence-electron chi connectivity index (χ4n) is 2.97. The zero-order valence-electron chi connectivity index (χ0n) is 11.6. The van der Waals surface area contributed by atoms with E-state index in [-0.39, 0.29) is 12.6 Å². The van der Waals surface area contributed by atoms with Crippen LogP contribution < -0.4 is 20.9 Å². The molecule has 2 aliphatic rings. The van der Waals surface area contributed by atoms with Gasteiger partial charge >= 0.3 is 0 Å². The van der Waals surface area contributed by atoms with Crippen molar-refractivity contribution in [1.82, 2.24) is 15.3 Å². The van der Waals surface area contributed by atoms with E-state index in [1.807, 2.05) is 6.07 Å². The van der Waals surface area contributed by atoms with Crippen molar-refractivity contribution >= 4 is 17.6 Å². The average Bonchev–Trinajstić information content (AvgIpc) is 2.96. The van der Waals surface area contributed by atoms with Gasteiger partial charge in [-0.05, 0) is 12.8 Å². The third-order valence-corrected chi connectivity index (χ3v) is 4.04. The quantitative estimate of drug-likeness (QED) is 0.682. The summed E-state index contributed by atoms with van der Waals surface area (Å²) in [5, 5.41) is 12.8. The van der Waals surface area contributed by atoms with E-state index < -0.39 is 0 Å². The summed E-state index contributed by atoms with van der Waals surface area (Å²) in [4.78, 5) is 13.1. The Morgan fingerprint density at radius 3 is 2.75 bits per heavy atom. The number of nitrogen functional groups attached to an aromatic ring is 1. The summed E-state index contributed by atoms with van der Waals surface area (Å²) in [6.45, 7) is 4.86. The summed E-state index contributed by atoms with van der Waals surface area (Å²) in [7, 11) is 0. The van der Waals surface area contributed by atoms with Crippen molar-refractivity contribution in [2.24, 2.45) is 0 Å². The Labute approximate surface area is 118 Å². The van der Waals surface area contributed by atoms with Crippen molar-refractivity contribution in [3.05, 3.63) is 6.07 Å². The molecule has 0 spiro atoms. The number of piperazine rings is 1. The van der Waals surface area contributed by atoms with Crippen LogP contribution in [0.25, 0.3) is 0 Å². The molecule has 1 aromatic heterocycles. The lowest BCUT2D eigenvalue weighted by Gasteiger charge is -2.30. The van der Waals surface area contributed by atoms with Crippen molar-refractivity contribution in [3.63, 3.8) is 0 Å². The number of nitrogens with two attached hydrogens (primary N) is 1. The average molecular weight is 278 g/mol. The van der Waals surface area contributed by atoms with Crippen molar-refractivity contribution < 1.29 is 5.11 Å². The number of nitrogens with zero attached hydrogens (tertiary/aromatic N) is 4. The standard InChI is InChI=1S/C13H22N6O/c14-13-16-11(18-6-3-15-4-7-18)8-12(17-13)19-5-1-2-10(19)9-20/h8,10,15,20H,1-7,9H2,(H2,14,16,17). The number of hydrogen-bond acceptors (Lipinski definition) is 7. The number of rotatable bonds is 3. The minimum Gasteiger partial charge on any atom is -0.394 e. The molecule has 2 fully saturated rings. The Bertz CT molecular complexity index is 462. The molecule has 2 saturated heterocycles. The topological polar surface area (TPSA) is 90.5 Å². The molecule has 1 unspecified atom stereocenters. The van der Waals surface area contributed by atoms with E-state index in [0.29, 0.717) is 5.95 Å². The van der Waals surface area contributed by atoms with E-state index in [1.54, 1.807) is 0 Å². The second kappa shape index (κ2) is 5.80. The molecule has 7 nitrogen and oxygen atoms in total. The lowest BCUT2D eigenvalue weighted by molar-refractivity contribution is 0.266. The smallest absolute Gasteiger partial charge is 0.223 e. The van der Waals surface area contributed by atoms with Gasteiger partial charge in [0.05, 0.1) is 12.6 Å². The van der Waals surface area contributed by atoms with E-state index in [4.69, 9.17) is 5.73 Å². The molecule has 4 N–H and O–H groups in total. The van der Waals surface area contributed by atoms with Crippen LogP contribution in [-0.4, -0.2) is 60.4 Å². The van der Waals surface area contributed by atoms with Gasteiger partial charge in [0.2, 0.25) is 5.95 Å². The number of nitrogens with one attached hydrogen (secondary N) is 1. The van der Waals surface area contributed by atoms with Crippen molar-refractivity contribution in [2.75, 3.05) is 54.9 Å². The first kappa shape index (κ1) is 13.4. The van der Waals surface area contributed by atoms with Crippen LogP contribution >= 0.6 is 0 Å². The van der Waals surface area contributed by atoms with E-state index in [1.165, 1.54) is 0 Å². The number of anilines is 3. The molecule has 0 aliphatic carbocycles. The molecule has 0 aromatic carbocycles. The van der Waals surface area contributed by atoms with Gasteiger partial charge in [0, 0.05) is 38.8 Å². The van der Waals surface area contributed by atoms with E-state index in [0.717, 1.165) is 57.2 Å². The van der Waals surface area contributed by atoms with Gasteiger partial charge in [-0.25, -0.2) is 0 Å². The second-order valence-corrected chi connectivity index (χ2v) is 5.35. The number of aromatic nitrogens is 2. The first-order valence-electron chi connectivity index (χ1n) is 7.25. The molecule has 7 heteroatoms. The summed E-state index contributed by atoms with van der Waals surface area (Å²) in [6.07, 6.45) is 2.08. The highest BCUT2D eigenvalue weighted by Gasteiger charge is 2.26. The predicted molar refractivity (Wildman–Crippen MR) is 79.0 cm³/mol. The first-order chi connectivity index (χ1) is 9.78. The van der Waals surface area contributed by atoms with Gasteiger partial charge in [0.15, 0.2) is 0 Å². The van der Waals surface area contributed by atoms with Gasteiger partial charge < -0.3 is 26.0 Å². The molecular weight excluding hydrogens is 256 g/mol. The normalized spacial score (nSPS) is 23.4. The lowest BCUT2D eigenvalue weighted by Crippen LogP contribution is -2.44. The number of aliphatic hydroxyl groups excluding tert-OH is 1. The van der Waals surface area contributed by atoms with Crippen LogP contribution in [-0.2, 0) is 0 Å². The molecule has 1 aromatic rings. The highest BCUT2D eigenvalue weighted by atomic mass is 16.3. The summed E-state index contributed by atoms with van der Waals surface area (Å²) >= 11 is 0. The highest BCUT2D eigenvalue weighted by molar-refractivity contribution is 5.55. The molecule has 0 radical (unpaired) electrons. The van der Waals surface area contributed by atoms with E-state index >= 15 is 0 Å². The number of hydrogen-bond donors (Lipinski definition) is 3.